The third-order valence-corrected chi connectivity index (χ3v) is 5.76. The third kappa shape index (κ3) is 4.18. The van der Waals surface area contributed by atoms with Crippen molar-refractivity contribution in [1.82, 2.24) is 20.0 Å². The first kappa shape index (κ1) is 20.7. The summed E-state index contributed by atoms with van der Waals surface area (Å²) < 4.78 is 1.97. The van der Waals surface area contributed by atoms with Gasteiger partial charge in [-0.05, 0) is 56.0 Å². The van der Waals surface area contributed by atoms with Gasteiger partial charge >= 0.3 is 0 Å². The van der Waals surface area contributed by atoms with Gasteiger partial charge in [-0.1, -0.05) is 12.1 Å². The van der Waals surface area contributed by atoms with E-state index < -0.39 is 0 Å². The van der Waals surface area contributed by atoms with Crippen LogP contribution >= 0.6 is 12.4 Å². The Morgan fingerprint density at radius 2 is 2.07 bits per heavy atom. The molecule has 28 heavy (non-hydrogen) atoms. The molecule has 152 valence electrons. The first-order chi connectivity index (χ1) is 13.1. The first-order valence-electron chi connectivity index (χ1n) is 9.97. The Balaban J connectivity index is 0.00000225. The third-order valence-electron chi connectivity index (χ3n) is 5.76. The van der Waals surface area contributed by atoms with E-state index in [1.807, 2.05) is 35.9 Å². The molecule has 0 bridgehead atoms. The topological polar surface area (TPSA) is 53.4 Å². The second-order valence-electron chi connectivity index (χ2n) is 7.83. The van der Waals surface area contributed by atoms with E-state index in [0.717, 1.165) is 45.3 Å². The van der Waals surface area contributed by atoms with Gasteiger partial charge in [-0.3, -0.25) is 9.48 Å². The number of halogens is 1. The van der Waals surface area contributed by atoms with Gasteiger partial charge in [0.2, 0.25) is 0 Å². The molecule has 6 nitrogen and oxygen atoms in total. The number of carbonyl (C=O) groups excluding carboxylic acids is 1. The van der Waals surface area contributed by atoms with E-state index in [0.29, 0.717) is 11.7 Å². The van der Waals surface area contributed by atoms with Crippen LogP contribution in [0.3, 0.4) is 0 Å². The number of rotatable bonds is 4. The number of piperidine rings is 1. The van der Waals surface area contributed by atoms with Crippen molar-refractivity contribution in [3.63, 3.8) is 0 Å². The number of hydrogen-bond donors (Lipinski definition) is 1. The minimum absolute atomic E-state index is 0. The van der Waals surface area contributed by atoms with Gasteiger partial charge in [0.25, 0.3) is 5.91 Å². The highest BCUT2D eigenvalue weighted by molar-refractivity contribution is 5.92. The Kier molecular flexibility index (Phi) is 6.62. The minimum atomic E-state index is 0. The molecule has 2 aliphatic rings. The van der Waals surface area contributed by atoms with Gasteiger partial charge in [0.1, 0.15) is 5.69 Å². The maximum Gasteiger partial charge on any atom is 0.274 e. The van der Waals surface area contributed by atoms with Crippen molar-refractivity contribution < 1.29 is 4.79 Å². The molecule has 2 saturated heterocycles. The van der Waals surface area contributed by atoms with E-state index >= 15 is 0 Å². The Labute approximate surface area is 173 Å². The van der Waals surface area contributed by atoms with Crippen molar-refractivity contribution in [1.29, 1.82) is 0 Å². The summed E-state index contributed by atoms with van der Waals surface area (Å²) in [6.45, 7) is 2.80. The van der Waals surface area contributed by atoms with Crippen LogP contribution in [0.15, 0.2) is 36.5 Å². The summed E-state index contributed by atoms with van der Waals surface area (Å²) in [6.07, 6.45) is 6.28. The second-order valence-corrected chi connectivity index (χ2v) is 7.83. The highest BCUT2D eigenvalue weighted by atomic mass is 35.5. The molecular weight excluding hydrogens is 374 g/mol. The second kappa shape index (κ2) is 8.97. The van der Waals surface area contributed by atoms with E-state index in [-0.39, 0.29) is 24.4 Å². The minimum Gasteiger partial charge on any atom is -0.378 e. The molecule has 0 spiro atoms. The van der Waals surface area contributed by atoms with Gasteiger partial charge in [0, 0.05) is 39.1 Å². The lowest BCUT2D eigenvalue weighted by Crippen LogP contribution is -2.33. The van der Waals surface area contributed by atoms with Crippen LogP contribution < -0.4 is 10.2 Å². The van der Waals surface area contributed by atoms with Gasteiger partial charge in [0.15, 0.2) is 0 Å². The molecule has 1 aromatic carbocycles. The molecule has 1 N–H and O–H groups in total. The molecule has 2 fully saturated rings. The molecule has 4 rings (SSSR count). The number of aromatic nitrogens is 2. The van der Waals surface area contributed by atoms with Crippen LogP contribution in [-0.2, 0) is 0 Å². The lowest BCUT2D eigenvalue weighted by Gasteiger charge is -2.26. The Morgan fingerprint density at radius 1 is 1.21 bits per heavy atom. The van der Waals surface area contributed by atoms with Crippen LogP contribution in [0.25, 0.3) is 0 Å². The van der Waals surface area contributed by atoms with Crippen molar-refractivity contribution in [2.45, 2.75) is 37.8 Å². The fourth-order valence-electron chi connectivity index (χ4n) is 4.23. The zero-order valence-corrected chi connectivity index (χ0v) is 17.5. The Morgan fingerprint density at radius 3 is 2.82 bits per heavy atom. The normalized spacial score (nSPS) is 22.0. The maximum atomic E-state index is 13.2. The molecule has 1 aromatic heterocycles. The molecule has 0 radical (unpaired) electrons. The SMILES string of the molecule is CN(C)c1cccc(C2CCCN2C(=O)c2ccn(C3CCCNC3)n2)c1.Cl. The quantitative estimate of drug-likeness (QED) is 0.851. The summed E-state index contributed by atoms with van der Waals surface area (Å²) in [5, 5.41) is 8.04. The Bertz CT molecular complexity index is 800. The molecule has 2 unspecified atom stereocenters. The zero-order chi connectivity index (χ0) is 18.8. The number of anilines is 1. The highest BCUT2D eigenvalue weighted by Crippen LogP contribution is 2.34. The Hall–Kier alpha value is -2.05. The molecule has 7 heteroatoms. The van der Waals surface area contributed by atoms with E-state index in [2.05, 4.69) is 39.6 Å². The average molecular weight is 404 g/mol. The van der Waals surface area contributed by atoms with Crippen molar-refractivity contribution in [2.24, 2.45) is 0 Å². The zero-order valence-electron chi connectivity index (χ0n) is 16.7. The molecular formula is C21H30ClN5O. The summed E-state index contributed by atoms with van der Waals surface area (Å²) in [7, 11) is 4.09. The van der Waals surface area contributed by atoms with Crippen LogP contribution in [0.2, 0.25) is 0 Å². The van der Waals surface area contributed by atoms with Crippen molar-refractivity contribution in [3.05, 3.63) is 47.8 Å². The van der Waals surface area contributed by atoms with E-state index in [1.54, 1.807) is 0 Å². The van der Waals surface area contributed by atoms with E-state index in [1.165, 1.54) is 11.3 Å². The summed E-state index contributed by atoms with van der Waals surface area (Å²) in [5.41, 5.74) is 2.94. The van der Waals surface area contributed by atoms with Crippen LogP contribution in [-0.4, -0.2) is 54.3 Å². The van der Waals surface area contributed by atoms with Crippen LogP contribution in [0, 0.1) is 0 Å². The standard InChI is InChI=1S/C21H29N5O.ClH/c1-24(2)17-7-3-6-16(14-17)20-9-5-12-25(20)21(27)19-10-13-26(23-19)18-8-4-11-22-15-18;/h3,6-7,10,13-14,18,20,22H,4-5,8-9,11-12,15H2,1-2H3;1H. The molecule has 0 aliphatic carbocycles. The summed E-state index contributed by atoms with van der Waals surface area (Å²) in [5.74, 6) is 0.0512. The maximum absolute atomic E-state index is 13.2. The smallest absolute Gasteiger partial charge is 0.274 e. The molecule has 3 heterocycles. The van der Waals surface area contributed by atoms with Crippen LogP contribution in [0.4, 0.5) is 5.69 Å². The molecule has 2 atom stereocenters. The van der Waals surface area contributed by atoms with Crippen molar-refractivity contribution in [3.8, 4) is 0 Å². The number of hydrogen-bond acceptors (Lipinski definition) is 4. The average Bonchev–Trinajstić information content (AvgIpc) is 3.38. The largest absolute Gasteiger partial charge is 0.378 e. The van der Waals surface area contributed by atoms with Crippen molar-refractivity contribution in [2.75, 3.05) is 38.6 Å². The molecule has 2 aromatic rings. The van der Waals surface area contributed by atoms with Crippen LogP contribution in [0.1, 0.15) is 53.8 Å². The number of nitrogens with zero attached hydrogens (tertiary/aromatic N) is 4. The van der Waals surface area contributed by atoms with Gasteiger partial charge < -0.3 is 15.1 Å². The lowest BCUT2D eigenvalue weighted by molar-refractivity contribution is 0.0728. The summed E-state index contributed by atoms with van der Waals surface area (Å²) in [4.78, 5) is 17.3. The molecule has 0 saturated carbocycles. The predicted octanol–water partition coefficient (Wildman–Crippen LogP) is 3.27. The van der Waals surface area contributed by atoms with Crippen molar-refractivity contribution >= 4 is 24.0 Å². The fraction of sp³-hybridized carbons (Fsp3) is 0.524. The monoisotopic (exact) mass is 403 g/mol. The number of likely N-dealkylation sites (tertiary alicyclic amines) is 1. The fourth-order valence-corrected chi connectivity index (χ4v) is 4.23. The van der Waals surface area contributed by atoms with Gasteiger partial charge in [-0.25, -0.2) is 0 Å². The van der Waals surface area contributed by atoms with Crippen LogP contribution in [0.5, 0.6) is 0 Å². The number of amides is 1. The van der Waals surface area contributed by atoms with Gasteiger partial charge in [-0.15, -0.1) is 12.4 Å². The van der Waals surface area contributed by atoms with E-state index in [4.69, 9.17) is 0 Å². The molecule has 1 amide bonds. The van der Waals surface area contributed by atoms with Gasteiger partial charge in [-0.2, -0.15) is 5.10 Å². The van der Waals surface area contributed by atoms with Gasteiger partial charge in [0.05, 0.1) is 12.1 Å². The summed E-state index contributed by atoms with van der Waals surface area (Å²) in [6, 6.07) is 10.9. The summed E-state index contributed by atoms with van der Waals surface area (Å²) >= 11 is 0. The van der Waals surface area contributed by atoms with E-state index in [9.17, 15) is 4.79 Å². The lowest BCUT2D eigenvalue weighted by atomic mass is 10.0. The molecule has 2 aliphatic heterocycles. The predicted molar refractivity (Wildman–Crippen MR) is 114 cm³/mol. The first-order valence-corrected chi connectivity index (χ1v) is 9.97. The number of carbonyl (C=O) groups is 1. The number of nitrogens with one attached hydrogen (secondary N) is 1. The highest BCUT2D eigenvalue weighted by Gasteiger charge is 2.32. The number of benzene rings is 1.